The molecule has 0 radical (unpaired) electrons. The molecule has 7 rings (SSSR count). The lowest BCUT2D eigenvalue weighted by molar-refractivity contribution is 1.28. The minimum Gasteiger partial charge on any atom is -0.311 e. The molecule has 0 unspecified atom stereocenters. The highest BCUT2D eigenvalue weighted by atomic mass is 28.3. The Morgan fingerprint density at radius 2 is 0.419 bits per heavy atom. The Kier molecular flexibility index (Phi) is 12.9. The van der Waals surface area contributed by atoms with Gasteiger partial charge < -0.3 is 9.80 Å². The second-order valence-corrected chi connectivity index (χ2v) is 41.3. The molecule has 2 nitrogen and oxygen atoms in total. The minimum absolute atomic E-state index is 1.15. The first-order chi connectivity index (χ1) is 29.2. The molecule has 0 bridgehead atoms. The predicted octanol–water partition coefficient (Wildman–Crippen LogP) is 14.6. The molecule has 0 saturated carbocycles. The SMILES string of the molecule is C[Si](C)(C)c1ccc(N(c2ccc(/C=C/c3ccc(-c4ccc(N(c5ccc([Si](C)(C)C)cc5)c5ccc([Si](C)(C)C)cc5)cc4)cc3)cc2)c2ccc([Si](C)(C)C)cc2)cc1. The standard InChI is InChI=1S/C56H66N2Si4/c1-59(2,3)53-35-27-49(28-36-53)57(50-29-37-54(38-30-50)60(4,5)6)47-23-17-44(18-24-47)14-13-43-15-19-45(20-16-43)46-21-25-48(26-22-46)58(51-31-39-55(40-32-51)61(7,8)9)52-33-41-56(42-34-52)62(10,11)12/h13-42H,1-12H3/b14-13+. The molecular weight excluding hydrogens is 813 g/mol. The van der Waals surface area contributed by atoms with E-state index in [1.54, 1.807) is 0 Å². The molecule has 0 aliphatic heterocycles. The zero-order chi connectivity index (χ0) is 44.5. The molecule has 0 fully saturated rings. The summed E-state index contributed by atoms with van der Waals surface area (Å²) in [5, 5.41) is 5.90. The van der Waals surface area contributed by atoms with Crippen LogP contribution in [-0.2, 0) is 0 Å². The van der Waals surface area contributed by atoms with Gasteiger partial charge in [-0.15, -0.1) is 0 Å². The van der Waals surface area contributed by atoms with Gasteiger partial charge in [-0.05, 0) is 95.1 Å². The zero-order valence-electron chi connectivity index (χ0n) is 39.2. The highest BCUT2D eigenvalue weighted by Crippen LogP contribution is 2.37. The Morgan fingerprint density at radius 1 is 0.242 bits per heavy atom. The monoisotopic (exact) mass is 878 g/mol. The van der Waals surface area contributed by atoms with E-state index in [0.29, 0.717) is 0 Å². The van der Waals surface area contributed by atoms with Crippen LogP contribution in [0.4, 0.5) is 34.1 Å². The second kappa shape index (κ2) is 17.9. The first kappa shape index (κ1) is 44.8. The quantitative estimate of drug-likeness (QED) is 0.0841. The maximum absolute atomic E-state index is 2.41. The second-order valence-electron chi connectivity index (χ2n) is 21.0. The van der Waals surface area contributed by atoms with E-state index >= 15 is 0 Å². The van der Waals surface area contributed by atoms with Crippen LogP contribution in [-0.4, -0.2) is 32.3 Å². The van der Waals surface area contributed by atoms with Gasteiger partial charge in [-0.3, -0.25) is 0 Å². The molecular formula is C56H66N2Si4. The van der Waals surface area contributed by atoms with E-state index in [1.165, 1.54) is 65.8 Å². The lowest BCUT2D eigenvalue weighted by atomic mass is 10.0. The normalized spacial score (nSPS) is 12.5. The molecule has 0 N–H and O–H groups in total. The fourth-order valence-electron chi connectivity index (χ4n) is 7.85. The summed E-state index contributed by atoms with van der Waals surface area (Å²) in [5.41, 5.74) is 11.8. The van der Waals surface area contributed by atoms with E-state index in [1.807, 2.05) is 0 Å². The number of rotatable bonds is 13. The minimum atomic E-state index is -1.41. The molecule has 0 saturated heterocycles. The van der Waals surface area contributed by atoms with E-state index < -0.39 is 32.3 Å². The van der Waals surface area contributed by atoms with Crippen molar-refractivity contribution in [2.45, 2.75) is 78.6 Å². The van der Waals surface area contributed by atoms with Gasteiger partial charge in [-0.1, -0.05) is 209 Å². The summed E-state index contributed by atoms with van der Waals surface area (Å²) < 4.78 is 0. The van der Waals surface area contributed by atoms with Crippen molar-refractivity contribution >= 4 is 99.3 Å². The van der Waals surface area contributed by atoms with Crippen molar-refractivity contribution in [3.63, 3.8) is 0 Å². The number of nitrogens with zero attached hydrogens (tertiary/aromatic N) is 2. The van der Waals surface area contributed by atoms with E-state index in [-0.39, 0.29) is 0 Å². The average Bonchev–Trinajstić information content (AvgIpc) is 3.24. The third-order valence-electron chi connectivity index (χ3n) is 12.0. The van der Waals surface area contributed by atoms with Crippen molar-refractivity contribution in [1.29, 1.82) is 0 Å². The summed E-state index contributed by atoms with van der Waals surface area (Å²) in [6.45, 7) is 28.9. The Labute approximate surface area is 377 Å². The van der Waals surface area contributed by atoms with Crippen molar-refractivity contribution in [2.75, 3.05) is 9.80 Å². The van der Waals surface area contributed by atoms with E-state index in [9.17, 15) is 0 Å². The van der Waals surface area contributed by atoms with E-state index in [4.69, 9.17) is 0 Å². The zero-order valence-corrected chi connectivity index (χ0v) is 43.2. The van der Waals surface area contributed by atoms with Crippen molar-refractivity contribution in [1.82, 2.24) is 0 Å². The van der Waals surface area contributed by atoms with Crippen LogP contribution in [0.3, 0.4) is 0 Å². The van der Waals surface area contributed by atoms with Crippen LogP contribution in [0.15, 0.2) is 170 Å². The van der Waals surface area contributed by atoms with Crippen LogP contribution in [0.2, 0.25) is 78.6 Å². The van der Waals surface area contributed by atoms with Gasteiger partial charge in [0.15, 0.2) is 0 Å². The lowest BCUT2D eigenvalue weighted by Gasteiger charge is -2.27. The van der Waals surface area contributed by atoms with Gasteiger partial charge in [-0.2, -0.15) is 0 Å². The molecule has 7 aromatic carbocycles. The average molecular weight is 880 g/mol. The molecule has 7 aromatic rings. The summed E-state index contributed by atoms with van der Waals surface area (Å²) in [6, 6.07) is 63.9. The summed E-state index contributed by atoms with van der Waals surface area (Å²) in [6.07, 6.45) is 4.42. The number of benzene rings is 7. The maximum Gasteiger partial charge on any atom is 0.0775 e. The van der Waals surface area contributed by atoms with E-state index in [0.717, 1.165) is 11.4 Å². The van der Waals surface area contributed by atoms with Gasteiger partial charge in [-0.25, -0.2) is 0 Å². The molecule has 0 aliphatic carbocycles. The van der Waals surface area contributed by atoms with Gasteiger partial charge in [0, 0.05) is 34.1 Å². The lowest BCUT2D eigenvalue weighted by Crippen LogP contribution is -2.37. The molecule has 0 atom stereocenters. The molecule has 0 spiro atoms. The van der Waals surface area contributed by atoms with Crippen LogP contribution >= 0.6 is 0 Å². The molecule has 0 aromatic heterocycles. The van der Waals surface area contributed by atoms with Crippen molar-refractivity contribution < 1.29 is 0 Å². The molecule has 316 valence electrons. The molecule has 0 heterocycles. The summed E-state index contributed by atoms with van der Waals surface area (Å²) >= 11 is 0. The highest BCUT2D eigenvalue weighted by Gasteiger charge is 2.22. The molecule has 0 aliphatic rings. The van der Waals surface area contributed by atoms with Crippen molar-refractivity contribution in [3.05, 3.63) is 181 Å². The van der Waals surface area contributed by atoms with Gasteiger partial charge in [0.2, 0.25) is 0 Å². The number of hydrogen-bond acceptors (Lipinski definition) is 2. The first-order valence-electron chi connectivity index (χ1n) is 22.3. The summed E-state index contributed by atoms with van der Waals surface area (Å²) in [5.74, 6) is 0. The Hall–Kier alpha value is -5.25. The van der Waals surface area contributed by atoms with Gasteiger partial charge in [0.05, 0.1) is 32.3 Å². The summed E-state index contributed by atoms with van der Waals surface area (Å²) in [7, 11) is -5.62. The predicted molar refractivity (Wildman–Crippen MR) is 289 cm³/mol. The first-order valence-corrected chi connectivity index (χ1v) is 36.3. The van der Waals surface area contributed by atoms with Crippen LogP contribution < -0.4 is 30.5 Å². The van der Waals surface area contributed by atoms with Crippen LogP contribution in [0.1, 0.15) is 11.1 Å². The number of anilines is 6. The van der Waals surface area contributed by atoms with Crippen LogP contribution in [0, 0.1) is 0 Å². The Balaban J connectivity index is 1.09. The van der Waals surface area contributed by atoms with Crippen LogP contribution in [0.25, 0.3) is 23.3 Å². The topological polar surface area (TPSA) is 6.48 Å². The maximum atomic E-state index is 2.41. The third kappa shape index (κ3) is 10.7. The fraction of sp³-hybridized carbons (Fsp3) is 0.214. The largest absolute Gasteiger partial charge is 0.311 e. The highest BCUT2D eigenvalue weighted by molar-refractivity contribution is 6.90. The van der Waals surface area contributed by atoms with Crippen LogP contribution in [0.5, 0.6) is 0 Å². The molecule has 0 amide bonds. The van der Waals surface area contributed by atoms with Gasteiger partial charge in [0.1, 0.15) is 0 Å². The summed E-state index contributed by atoms with van der Waals surface area (Å²) in [4.78, 5) is 4.77. The Bertz CT molecular complexity index is 2470. The van der Waals surface area contributed by atoms with E-state index in [2.05, 4.69) is 270 Å². The van der Waals surface area contributed by atoms with Crippen molar-refractivity contribution in [2.24, 2.45) is 0 Å². The molecule has 62 heavy (non-hydrogen) atoms. The van der Waals surface area contributed by atoms with Crippen molar-refractivity contribution in [3.8, 4) is 11.1 Å². The smallest absolute Gasteiger partial charge is 0.0775 e. The van der Waals surface area contributed by atoms with Gasteiger partial charge >= 0.3 is 0 Å². The fourth-order valence-corrected chi connectivity index (χ4v) is 12.5. The third-order valence-corrected chi connectivity index (χ3v) is 20.2. The number of hydrogen-bond donors (Lipinski definition) is 0. The Morgan fingerprint density at radius 3 is 0.645 bits per heavy atom. The van der Waals surface area contributed by atoms with Gasteiger partial charge in [0.25, 0.3) is 0 Å². The molecule has 6 heteroatoms.